The van der Waals surface area contributed by atoms with Crippen LogP contribution in [0.15, 0.2) is 24.5 Å². The summed E-state index contributed by atoms with van der Waals surface area (Å²) < 4.78 is 0. The molecular formula is C13H13N3O2. The van der Waals surface area contributed by atoms with Gasteiger partial charge in [-0.05, 0) is 18.7 Å². The lowest BCUT2D eigenvalue weighted by molar-refractivity contribution is 0.0698. The minimum Gasteiger partial charge on any atom is -0.478 e. The maximum Gasteiger partial charge on any atom is 0.337 e. The van der Waals surface area contributed by atoms with Crippen LogP contribution in [0.5, 0.6) is 0 Å². The Labute approximate surface area is 104 Å². The monoisotopic (exact) mass is 243 g/mol. The molecule has 0 fully saturated rings. The van der Waals surface area contributed by atoms with E-state index in [1.165, 1.54) is 0 Å². The topological polar surface area (TPSA) is 69.2 Å². The van der Waals surface area contributed by atoms with Crippen LogP contribution in [0.4, 0.5) is 0 Å². The van der Waals surface area contributed by atoms with E-state index in [1.807, 2.05) is 19.2 Å². The summed E-state index contributed by atoms with van der Waals surface area (Å²) in [6.45, 7) is 1.46. The predicted octanol–water partition coefficient (Wildman–Crippen LogP) is 1.72. The molecule has 18 heavy (non-hydrogen) atoms. The van der Waals surface area contributed by atoms with Crippen molar-refractivity contribution in [3.05, 3.63) is 41.3 Å². The maximum atomic E-state index is 11.3. The number of rotatable bonds is 1. The van der Waals surface area contributed by atoms with Crippen LogP contribution in [0, 0.1) is 0 Å². The van der Waals surface area contributed by atoms with Crippen molar-refractivity contribution in [2.75, 3.05) is 7.05 Å². The van der Waals surface area contributed by atoms with E-state index >= 15 is 0 Å². The number of carboxylic acid groups (broad SMARTS) is 1. The van der Waals surface area contributed by atoms with Crippen molar-refractivity contribution in [1.29, 1.82) is 0 Å². The van der Waals surface area contributed by atoms with Crippen molar-refractivity contribution in [1.82, 2.24) is 14.9 Å². The maximum absolute atomic E-state index is 11.3. The number of aromatic nitrogens is 2. The number of pyridine rings is 1. The van der Waals surface area contributed by atoms with Gasteiger partial charge in [0, 0.05) is 36.7 Å². The number of H-pyrrole nitrogens is 1. The van der Waals surface area contributed by atoms with E-state index < -0.39 is 5.97 Å². The number of carboxylic acids is 1. The molecule has 3 heterocycles. The summed E-state index contributed by atoms with van der Waals surface area (Å²) in [5, 5.41) is 9.25. The van der Waals surface area contributed by atoms with Gasteiger partial charge in [-0.1, -0.05) is 6.07 Å². The highest BCUT2D eigenvalue weighted by molar-refractivity contribution is 5.96. The minimum atomic E-state index is -0.923. The Morgan fingerprint density at radius 1 is 1.50 bits per heavy atom. The molecule has 3 rings (SSSR count). The lowest BCUT2D eigenvalue weighted by Gasteiger charge is -2.13. The van der Waals surface area contributed by atoms with Gasteiger partial charge in [0.15, 0.2) is 0 Å². The van der Waals surface area contributed by atoms with Gasteiger partial charge in [-0.2, -0.15) is 0 Å². The van der Waals surface area contributed by atoms with E-state index in [0.29, 0.717) is 12.1 Å². The summed E-state index contributed by atoms with van der Waals surface area (Å²) in [5.41, 5.74) is 3.76. The normalized spacial score (nSPS) is 14.7. The Morgan fingerprint density at radius 2 is 2.33 bits per heavy atom. The third kappa shape index (κ3) is 1.60. The molecule has 0 amide bonds. The summed E-state index contributed by atoms with van der Waals surface area (Å²) >= 11 is 0. The number of fused-ring (bicyclic) bond motifs is 3. The van der Waals surface area contributed by atoms with Gasteiger partial charge >= 0.3 is 5.97 Å². The summed E-state index contributed by atoms with van der Waals surface area (Å²) in [6, 6.07) is 3.87. The summed E-state index contributed by atoms with van der Waals surface area (Å²) in [7, 11) is 2.01. The molecule has 0 saturated carbocycles. The highest BCUT2D eigenvalue weighted by Gasteiger charge is 2.25. The van der Waals surface area contributed by atoms with Crippen molar-refractivity contribution in [3.63, 3.8) is 0 Å². The second-order valence-corrected chi connectivity index (χ2v) is 4.54. The fourth-order valence-electron chi connectivity index (χ4n) is 2.44. The number of aromatic amines is 1. The van der Waals surface area contributed by atoms with Gasteiger partial charge in [0.25, 0.3) is 0 Å². The van der Waals surface area contributed by atoms with E-state index in [9.17, 15) is 9.90 Å². The first-order chi connectivity index (χ1) is 8.66. The Morgan fingerprint density at radius 3 is 3.11 bits per heavy atom. The predicted molar refractivity (Wildman–Crippen MR) is 66.2 cm³/mol. The zero-order valence-corrected chi connectivity index (χ0v) is 9.97. The molecule has 1 aliphatic rings. The Kier molecular flexibility index (Phi) is 2.41. The SMILES string of the molecule is CN1Cc2cccnc2-c2c(C(=O)O)c[nH]c2C1. The number of carbonyl (C=O) groups is 1. The fraction of sp³-hybridized carbons (Fsp3) is 0.231. The zero-order chi connectivity index (χ0) is 12.7. The molecule has 0 radical (unpaired) electrons. The number of aromatic carboxylic acids is 1. The largest absolute Gasteiger partial charge is 0.478 e. The van der Waals surface area contributed by atoms with Crippen molar-refractivity contribution in [3.8, 4) is 11.3 Å². The van der Waals surface area contributed by atoms with E-state index in [0.717, 1.165) is 29.1 Å². The highest BCUT2D eigenvalue weighted by atomic mass is 16.4. The summed E-state index contributed by atoms with van der Waals surface area (Å²) in [4.78, 5) is 20.8. The molecule has 2 N–H and O–H groups in total. The van der Waals surface area contributed by atoms with Crippen LogP contribution < -0.4 is 0 Å². The fourth-order valence-corrected chi connectivity index (χ4v) is 2.44. The molecule has 1 aliphatic heterocycles. The first-order valence-electron chi connectivity index (χ1n) is 5.73. The third-order valence-corrected chi connectivity index (χ3v) is 3.19. The van der Waals surface area contributed by atoms with Crippen LogP contribution in [0.3, 0.4) is 0 Å². The molecule has 0 bridgehead atoms. The van der Waals surface area contributed by atoms with Crippen LogP contribution in [-0.2, 0) is 13.1 Å². The molecule has 5 nitrogen and oxygen atoms in total. The molecule has 0 unspecified atom stereocenters. The van der Waals surface area contributed by atoms with E-state index in [-0.39, 0.29) is 0 Å². The van der Waals surface area contributed by atoms with Gasteiger partial charge in [0.1, 0.15) is 0 Å². The average Bonchev–Trinajstić information content (AvgIpc) is 2.67. The van der Waals surface area contributed by atoms with Gasteiger partial charge in [-0.15, -0.1) is 0 Å². The van der Waals surface area contributed by atoms with Crippen molar-refractivity contribution >= 4 is 5.97 Å². The second-order valence-electron chi connectivity index (χ2n) is 4.54. The van der Waals surface area contributed by atoms with Crippen LogP contribution >= 0.6 is 0 Å². The quantitative estimate of drug-likeness (QED) is 0.800. The summed E-state index contributed by atoms with van der Waals surface area (Å²) in [6.07, 6.45) is 3.25. The number of nitrogens with zero attached hydrogens (tertiary/aromatic N) is 2. The number of hydrogen-bond acceptors (Lipinski definition) is 3. The first kappa shape index (κ1) is 11.0. The summed E-state index contributed by atoms with van der Waals surface area (Å²) in [5.74, 6) is -0.923. The van der Waals surface area contributed by atoms with E-state index in [1.54, 1.807) is 12.4 Å². The van der Waals surface area contributed by atoms with Crippen LogP contribution in [0.25, 0.3) is 11.3 Å². The van der Waals surface area contributed by atoms with Crippen molar-refractivity contribution < 1.29 is 9.90 Å². The highest BCUT2D eigenvalue weighted by Crippen LogP contribution is 2.32. The first-order valence-corrected chi connectivity index (χ1v) is 5.73. The van der Waals surface area contributed by atoms with Gasteiger partial charge < -0.3 is 10.1 Å². The Bertz CT molecular complexity index is 618. The number of nitrogens with one attached hydrogen (secondary N) is 1. The third-order valence-electron chi connectivity index (χ3n) is 3.19. The van der Waals surface area contributed by atoms with Crippen molar-refractivity contribution in [2.24, 2.45) is 0 Å². The van der Waals surface area contributed by atoms with Gasteiger partial charge in [-0.25, -0.2) is 4.79 Å². The number of hydrogen-bond donors (Lipinski definition) is 2. The zero-order valence-electron chi connectivity index (χ0n) is 9.97. The average molecular weight is 243 g/mol. The lowest BCUT2D eigenvalue weighted by Crippen LogP contribution is -2.15. The molecule has 2 aromatic rings. The molecule has 0 spiro atoms. The van der Waals surface area contributed by atoms with Gasteiger partial charge in [0.2, 0.25) is 0 Å². The van der Waals surface area contributed by atoms with Crippen molar-refractivity contribution in [2.45, 2.75) is 13.1 Å². The smallest absolute Gasteiger partial charge is 0.337 e. The molecule has 2 aromatic heterocycles. The Balaban J connectivity index is 2.29. The van der Waals surface area contributed by atoms with E-state index in [4.69, 9.17) is 0 Å². The molecule has 5 heteroatoms. The van der Waals surface area contributed by atoms with Gasteiger partial charge in [0.05, 0.1) is 11.3 Å². The van der Waals surface area contributed by atoms with Crippen LogP contribution in [0.1, 0.15) is 21.6 Å². The molecular weight excluding hydrogens is 230 g/mol. The van der Waals surface area contributed by atoms with Gasteiger partial charge in [-0.3, -0.25) is 9.88 Å². The van der Waals surface area contributed by atoms with Crippen LogP contribution in [-0.4, -0.2) is 33.0 Å². The second kappa shape index (κ2) is 3.96. The lowest BCUT2D eigenvalue weighted by atomic mass is 10.0. The molecule has 0 aromatic carbocycles. The van der Waals surface area contributed by atoms with E-state index in [2.05, 4.69) is 14.9 Å². The molecule has 92 valence electrons. The Hall–Kier alpha value is -2.14. The molecule has 0 atom stereocenters. The molecule has 0 saturated heterocycles. The minimum absolute atomic E-state index is 0.292. The van der Waals surface area contributed by atoms with Crippen LogP contribution in [0.2, 0.25) is 0 Å². The molecule has 0 aliphatic carbocycles. The standard InChI is InChI=1S/C13H13N3O2/c1-16-6-8-3-2-4-14-12(8)11-9(13(17)18)5-15-10(11)7-16/h2-5,15H,6-7H2,1H3,(H,17,18).